The van der Waals surface area contributed by atoms with Crippen molar-refractivity contribution in [1.29, 1.82) is 0 Å². The summed E-state index contributed by atoms with van der Waals surface area (Å²) in [7, 11) is 0. The van der Waals surface area contributed by atoms with Crippen molar-refractivity contribution < 1.29 is 0 Å². The zero-order valence-electron chi connectivity index (χ0n) is 29.0. The largest absolute Gasteiger partial charge is 0.309 e. The number of benzene rings is 8. The Kier molecular flexibility index (Phi) is 6.36. The molecular weight excluding hydrogens is 627 g/mol. The first-order chi connectivity index (χ1) is 25.7. The second kappa shape index (κ2) is 11.3. The van der Waals surface area contributed by atoms with Crippen LogP contribution in [0.25, 0.3) is 100.0 Å². The molecule has 1 heteroatoms. The van der Waals surface area contributed by atoms with E-state index in [1.165, 1.54) is 105 Å². The second-order valence-corrected chi connectivity index (χ2v) is 14.5. The smallest absolute Gasteiger partial charge is 0.0579 e. The average Bonchev–Trinajstić information content (AvgIpc) is 3.73. The number of hydrogen-bond acceptors (Lipinski definition) is 0. The zero-order valence-corrected chi connectivity index (χ0v) is 29.0. The molecular formula is C51H35N. The average molecular weight is 662 g/mol. The Labute approximate surface area is 303 Å². The maximum Gasteiger partial charge on any atom is 0.0579 e. The van der Waals surface area contributed by atoms with Gasteiger partial charge >= 0.3 is 0 Å². The van der Waals surface area contributed by atoms with Gasteiger partial charge in [-0.05, 0) is 114 Å². The molecule has 0 saturated heterocycles. The van der Waals surface area contributed by atoms with Gasteiger partial charge in [-0.2, -0.15) is 0 Å². The van der Waals surface area contributed by atoms with E-state index in [0.717, 1.165) is 6.42 Å². The van der Waals surface area contributed by atoms with Crippen molar-refractivity contribution in [3.05, 3.63) is 181 Å². The van der Waals surface area contributed by atoms with Gasteiger partial charge in [-0.25, -0.2) is 0 Å². The van der Waals surface area contributed by atoms with E-state index in [2.05, 4.69) is 187 Å². The van der Waals surface area contributed by atoms with E-state index in [4.69, 9.17) is 0 Å². The number of rotatable bonds is 4. The predicted molar refractivity (Wildman–Crippen MR) is 221 cm³/mol. The van der Waals surface area contributed by atoms with Gasteiger partial charge < -0.3 is 4.57 Å². The number of allylic oxidation sites excluding steroid dienone is 1. The summed E-state index contributed by atoms with van der Waals surface area (Å²) in [5, 5.41) is 5.26. The van der Waals surface area contributed by atoms with E-state index < -0.39 is 0 Å². The maximum absolute atomic E-state index is 2.51. The SMILES string of the molecule is CC1C=Cc2ccc3c4ccccc4n(-c4ccc(-c5cc(-c6ccccc6)c6c(c5-c5ccccc5)-c5cccc7cccc-6c57)cc4)c3c2C1. The molecule has 1 nitrogen and oxygen atoms in total. The second-order valence-electron chi connectivity index (χ2n) is 14.5. The Morgan fingerprint density at radius 1 is 0.500 bits per heavy atom. The summed E-state index contributed by atoms with van der Waals surface area (Å²) in [6.07, 6.45) is 5.71. The van der Waals surface area contributed by atoms with Crippen molar-refractivity contribution in [1.82, 2.24) is 4.57 Å². The number of fused-ring (bicyclic) bond motifs is 8. The fourth-order valence-corrected chi connectivity index (χ4v) is 9.20. The van der Waals surface area contributed by atoms with Crippen LogP contribution in [0.1, 0.15) is 18.1 Å². The Hall–Kier alpha value is -6.44. The lowest BCUT2D eigenvalue weighted by Gasteiger charge is -2.21. The summed E-state index contributed by atoms with van der Waals surface area (Å²) >= 11 is 0. The van der Waals surface area contributed by atoms with Gasteiger partial charge in [0.25, 0.3) is 0 Å². The van der Waals surface area contributed by atoms with Crippen LogP contribution in [0.15, 0.2) is 170 Å². The first kappa shape index (κ1) is 29.3. The summed E-state index contributed by atoms with van der Waals surface area (Å²) < 4.78 is 2.51. The van der Waals surface area contributed by atoms with Gasteiger partial charge in [-0.3, -0.25) is 0 Å². The van der Waals surface area contributed by atoms with E-state index >= 15 is 0 Å². The van der Waals surface area contributed by atoms with Crippen molar-refractivity contribution in [2.45, 2.75) is 13.3 Å². The molecule has 9 aromatic rings. The van der Waals surface area contributed by atoms with E-state index in [9.17, 15) is 0 Å². The van der Waals surface area contributed by atoms with Gasteiger partial charge in [-0.1, -0.05) is 159 Å². The highest BCUT2D eigenvalue weighted by Crippen LogP contribution is 2.57. The molecule has 1 unspecified atom stereocenters. The highest BCUT2D eigenvalue weighted by Gasteiger charge is 2.30. The normalized spacial score (nSPS) is 14.3. The Morgan fingerprint density at radius 3 is 1.92 bits per heavy atom. The van der Waals surface area contributed by atoms with Gasteiger partial charge in [0.1, 0.15) is 0 Å². The molecule has 1 atom stereocenters. The van der Waals surface area contributed by atoms with Crippen molar-refractivity contribution >= 4 is 38.7 Å². The van der Waals surface area contributed by atoms with Gasteiger partial charge in [0.05, 0.1) is 11.0 Å². The zero-order chi connectivity index (χ0) is 34.3. The van der Waals surface area contributed by atoms with Crippen LogP contribution in [-0.4, -0.2) is 4.57 Å². The van der Waals surface area contributed by atoms with Crippen LogP contribution in [0.5, 0.6) is 0 Å². The summed E-state index contributed by atoms with van der Waals surface area (Å²) in [6.45, 7) is 2.32. The molecule has 0 N–H and O–H groups in total. The molecule has 11 rings (SSSR count). The summed E-state index contributed by atoms with van der Waals surface area (Å²) in [4.78, 5) is 0. The molecule has 0 radical (unpaired) electrons. The van der Waals surface area contributed by atoms with E-state index in [1.807, 2.05) is 0 Å². The van der Waals surface area contributed by atoms with Crippen molar-refractivity contribution in [2.75, 3.05) is 0 Å². The lowest BCUT2D eigenvalue weighted by molar-refractivity contribution is 0.719. The first-order valence-corrected chi connectivity index (χ1v) is 18.4. The molecule has 0 fully saturated rings. The number of nitrogens with zero attached hydrogens (tertiary/aromatic N) is 1. The molecule has 0 bridgehead atoms. The fourth-order valence-electron chi connectivity index (χ4n) is 9.20. The standard InChI is InChI=1S/C51H35N/c1-32-22-23-35-26-29-40-39-18-8-9-21-46(39)52(51(40)45(35)30-32)38-27-24-34(25-28-38)43-31-44(33-12-4-2-5-13-33)49-41-19-10-16-36-17-11-20-42(47(36)41)50(49)48(43)37-14-6-3-7-15-37/h2-29,31-32H,30H2,1H3. The summed E-state index contributed by atoms with van der Waals surface area (Å²) in [6, 6.07) is 60.8. The Balaban J connectivity index is 1.19. The van der Waals surface area contributed by atoms with Gasteiger partial charge in [0, 0.05) is 16.5 Å². The maximum atomic E-state index is 2.51. The quantitative estimate of drug-likeness (QED) is 0.177. The van der Waals surface area contributed by atoms with Gasteiger partial charge in [0.15, 0.2) is 0 Å². The van der Waals surface area contributed by atoms with Gasteiger partial charge in [0.2, 0.25) is 0 Å². The molecule has 1 heterocycles. The number of hydrogen-bond donors (Lipinski definition) is 0. The van der Waals surface area contributed by atoms with E-state index in [0.29, 0.717) is 5.92 Å². The molecule has 2 aliphatic rings. The lowest BCUT2D eigenvalue weighted by Crippen LogP contribution is -2.06. The van der Waals surface area contributed by atoms with Crippen molar-refractivity contribution in [3.63, 3.8) is 0 Å². The van der Waals surface area contributed by atoms with Crippen LogP contribution in [-0.2, 0) is 6.42 Å². The third-order valence-corrected chi connectivity index (χ3v) is 11.5. The van der Waals surface area contributed by atoms with Crippen LogP contribution in [0, 0.1) is 5.92 Å². The van der Waals surface area contributed by atoms with Crippen LogP contribution in [0.4, 0.5) is 0 Å². The third-order valence-electron chi connectivity index (χ3n) is 11.5. The number of para-hydroxylation sites is 1. The van der Waals surface area contributed by atoms with Gasteiger partial charge in [-0.15, -0.1) is 0 Å². The molecule has 1 aromatic heterocycles. The van der Waals surface area contributed by atoms with Crippen LogP contribution in [0.3, 0.4) is 0 Å². The predicted octanol–water partition coefficient (Wildman–Crippen LogP) is 13.8. The van der Waals surface area contributed by atoms with E-state index in [1.54, 1.807) is 0 Å². The fraction of sp³-hybridized carbons (Fsp3) is 0.0588. The molecule has 0 saturated carbocycles. The monoisotopic (exact) mass is 661 g/mol. The first-order valence-electron chi connectivity index (χ1n) is 18.4. The molecule has 52 heavy (non-hydrogen) atoms. The van der Waals surface area contributed by atoms with Crippen molar-refractivity contribution in [2.24, 2.45) is 5.92 Å². The van der Waals surface area contributed by atoms with Crippen molar-refractivity contribution in [3.8, 4) is 61.3 Å². The van der Waals surface area contributed by atoms with Crippen LogP contribution < -0.4 is 0 Å². The Bertz CT molecular complexity index is 2900. The summed E-state index contributed by atoms with van der Waals surface area (Å²) in [5.41, 5.74) is 19.3. The van der Waals surface area contributed by atoms with Crippen LogP contribution in [0.2, 0.25) is 0 Å². The molecule has 2 aliphatic carbocycles. The lowest BCUT2D eigenvalue weighted by atomic mass is 9.82. The molecule has 244 valence electrons. The topological polar surface area (TPSA) is 4.93 Å². The minimum absolute atomic E-state index is 0.513. The minimum atomic E-state index is 0.513. The molecule has 0 aliphatic heterocycles. The van der Waals surface area contributed by atoms with E-state index in [-0.39, 0.29) is 0 Å². The molecule has 8 aromatic carbocycles. The molecule has 0 amide bonds. The molecule has 0 spiro atoms. The third kappa shape index (κ3) is 4.23. The summed E-state index contributed by atoms with van der Waals surface area (Å²) in [5.74, 6) is 0.513. The number of aromatic nitrogens is 1. The highest BCUT2D eigenvalue weighted by atomic mass is 15.0. The minimum Gasteiger partial charge on any atom is -0.309 e. The van der Waals surface area contributed by atoms with Crippen LogP contribution >= 0.6 is 0 Å². The Morgan fingerprint density at radius 2 is 1.15 bits per heavy atom. The highest BCUT2D eigenvalue weighted by molar-refractivity contribution is 6.22.